The summed E-state index contributed by atoms with van der Waals surface area (Å²) in [5, 5.41) is 5.98. The van der Waals surface area contributed by atoms with Crippen molar-refractivity contribution < 1.29 is 53.5 Å². The number of ether oxygens (including phenoxy) is 1. The van der Waals surface area contributed by atoms with Gasteiger partial charge in [-0.2, -0.15) is 13.2 Å². The van der Waals surface area contributed by atoms with Crippen LogP contribution in [0.3, 0.4) is 0 Å². The van der Waals surface area contributed by atoms with Gasteiger partial charge in [0.05, 0.1) is 22.9 Å². The topological polar surface area (TPSA) is 181 Å². The maximum absolute atomic E-state index is 15.1. The predicted molar refractivity (Wildman–Crippen MR) is 331 cm³/mol. The Morgan fingerprint density at radius 2 is 1.55 bits per heavy atom. The van der Waals surface area contributed by atoms with Crippen LogP contribution in [0.1, 0.15) is 85.7 Å². The third kappa shape index (κ3) is 16.1. The Bertz CT molecular complexity index is 3530. The minimum Gasteiger partial charge on any atom is -0.380 e. The summed E-state index contributed by atoms with van der Waals surface area (Å²) in [6, 6.07) is 30.0. The summed E-state index contributed by atoms with van der Waals surface area (Å²) in [6.07, 6.45) is 5.96. The number of carbonyl (C=O) groups is 3. The van der Waals surface area contributed by atoms with Crippen molar-refractivity contribution in [1.82, 2.24) is 24.7 Å². The molecule has 5 aliphatic rings. The van der Waals surface area contributed by atoms with Crippen molar-refractivity contribution >= 4 is 83.7 Å². The van der Waals surface area contributed by atoms with Gasteiger partial charge in [-0.05, 0) is 165 Å². The number of anilines is 3. The highest BCUT2D eigenvalue weighted by Crippen LogP contribution is 2.45. The number of thioether (sulfide) groups is 1. The van der Waals surface area contributed by atoms with Crippen molar-refractivity contribution in [3.05, 3.63) is 148 Å². The van der Waals surface area contributed by atoms with E-state index in [0.29, 0.717) is 62.7 Å². The van der Waals surface area contributed by atoms with Crippen LogP contribution >= 0.6 is 23.4 Å². The van der Waals surface area contributed by atoms with E-state index < -0.39 is 64.6 Å². The molecule has 0 unspecified atom stereocenters. The highest BCUT2D eigenvalue weighted by atomic mass is 35.5. The molecule has 4 saturated heterocycles. The Kier molecular flexibility index (Phi) is 20.4. The lowest BCUT2D eigenvalue weighted by molar-refractivity contribution is -0.120. The molecule has 10 rings (SSSR count). The smallest absolute Gasteiger partial charge is 0.380 e. The average Bonchev–Trinajstić information content (AvgIpc) is 1.17. The number of nitrogens with zero attached hydrogens (tertiary/aromatic N) is 5. The first-order chi connectivity index (χ1) is 41.6. The number of sulfone groups is 1. The van der Waals surface area contributed by atoms with Gasteiger partial charge in [-0.1, -0.05) is 60.5 Å². The molecule has 24 heteroatoms. The molecule has 3 N–H and O–H groups in total. The monoisotopic (exact) mass is 1280 g/mol. The summed E-state index contributed by atoms with van der Waals surface area (Å²) >= 11 is 7.80. The molecule has 0 spiro atoms. The molecule has 4 heterocycles. The number of rotatable bonds is 20. The van der Waals surface area contributed by atoms with Crippen LogP contribution in [0.4, 0.5) is 39.4 Å². The summed E-state index contributed by atoms with van der Waals surface area (Å²) in [5.74, 6) is -1.36. The fourth-order valence-corrected chi connectivity index (χ4v) is 15.6. The van der Waals surface area contributed by atoms with E-state index in [-0.39, 0.29) is 41.5 Å². The standard InChI is InChI=1S/C63H73ClF4N8O8S3/c1-62(43-74-27-21-44(22-28-74)47-12-18-55(65)57(38-47)76-30-24-59(77)70-61(76)79)25-20-54(45-8-13-49(64)14-9-45)48(40-62)41-73-31-33-75(34-32-73)51-15-10-46(11-16-51)60(78)71-87(82,83)53-17-19-56(58(39-53)86(80,81)63(66,67)68)69-50(42-85-52-6-3-2-4-7-52)23-29-72-26-5-36-84-37-35-72/h2-4,6-19,38-39,44,50,69H,5,20-37,40-43H2,1H3,(H,71,78)(H,70,77,79)/t50-,62-/m1/s1. The number of hydrogen-bond donors (Lipinski definition) is 3. The van der Waals surface area contributed by atoms with Crippen LogP contribution in [-0.2, 0) is 29.4 Å². The summed E-state index contributed by atoms with van der Waals surface area (Å²) < 4.78 is 120. The zero-order valence-electron chi connectivity index (χ0n) is 48.5. The lowest BCUT2D eigenvalue weighted by Gasteiger charge is -2.44. The fourth-order valence-electron chi connectivity index (χ4n) is 12.5. The SMILES string of the molecule is C[C@@]1(CN2CCC(c3ccc(F)c(N4CCC(=O)NC4=O)c3)CC2)CCC(c2ccc(Cl)cc2)=C(CN2CCN(c3ccc(C(=O)NS(=O)(=O)c4ccc(N[C@H](CCN5CCCOCC5)CSc5ccccc5)c(S(=O)(=O)C(F)(F)F)c4)cc3)CC2)C1. The number of halogens is 5. The van der Waals surface area contributed by atoms with Crippen LogP contribution < -0.4 is 25.2 Å². The van der Waals surface area contributed by atoms with Gasteiger partial charge in [-0.25, -0.2) is 30.7 Å². The molecule has 1 aliphatic carbocycles. The Morgan fingerprint density at radius 1 is 0.816 bits per heavy atom. The first-order valence-corrected chi connectivity index (χ1v) is 33.9. The fraction of sp³-hybridized carbons (Fsp3) is 0.444. The molecule has 4 fully saturated rings. The predicted octanol–water partition coefficient (Wildman–Crippen LogP) is 10.7. The molecule has 87 heavy (non-hydrogen) atoms. The maximum Gasteiger partial charge on any atom is 0.501 e. The van der Waals surface area contributed by atoms with Crippen LogP contribution in [0, 0.1) is 11.2 Å². The lowest BCUT2D eigenvalue weighted by Crippen LogP contribution is -2.50. The summed E-state index contributed by atoms with van der Waals surface area (Å²) in [5.41, 5.74) is -0.343. The van der Waals surface area contributed by atoms with Crippen molar-refractivity contribution in [3.63, 3.8) is 0 Å². The van der Waals surface area contributed by atoms with Gasteiger partial charge in [0, 0.05) is 111 Å². The molecule has 2 atom stereocenters. The number of alkyl halides is 3. The lowest BCUT2D eigenvalue weighted by atomic mass is 9.70. The molecule has 0 bridgehead atoms. The third-order valence-corrected chi connectivity index (χ3v) is 21.5. The first-order valence-electron chi connectivity index (χ1n) is 29.5. The molecule has 0 radical (unpaired) electrons. The summed E-state index contributed by atoms with van der Waals surface area (Å²) in [6.45, 7) is 11.9. The average molecular weight is 1280 g/mol. The summed E-state index contributed by atoms with van der Waals surface area (Å²) in [7, 11) is -11.0. The van der Waals surface area contributed by atoms with Gasteiger partial charge >= 0.3 is 11.5 Å². The number of benzene rings is 5. The van der Waals surface area contributed by atoms with E-state index >= 15 is 4.39 Å². The number of sulfonamides is 1. The van der Waals surface area contributed by atoms with Crippen molar-refractivity contribution in [3.8, 4) is 0 Å². The number of hydrogen-bond acceptors (Lipinski definition) is 14. The van der Waals surface area contributed by atoms with E-state index in [1.165, 1.54) is 46.0 Å². The minimum absolute atomic E-state index is 0.00338. The maximum atomic E-state index is 15.1. The molecule has 5 aromatic rings. The second-order valence-corrected chi connectivity index (χ2v) is 28.6. The molecule has 466 valence electrons. The Balaban J connectivity index is 0.761. The Labute approximate surface area is 516 Å². The second kappa shape index (κ2) is 27.8. The number of piperazine rings is 1. The highest BCUT2D eigenvalue weighted by molar-refractivity contribution is 7.99. The highest BCUT2D eigenvalue weighted by Gasteiger charge is 2.49. The third-order valence-electron chi connectivity index (χ3n) is 17.2. The number of allylic oxidation sites excluding steroid dienone is 1. The number of urea groups is 1. The zero-order chi connectivity index (χ0) is 61.5. The molecule has 0 saturated carbocycles. The van der Waals surface area contributed by atoms with Crippen molar-refractivity contribution in [2.45, 2.75) is 90.4 Å². The molecule has 0 aromatic heterocycles. The van der Waals surface area contributed by atoms with Crippen LogP contribution in [0.5, 0.6) is 0 Å². The van der Waals surface area contributed by atoms with Gasteiger partial charge in [0.15, 0.2) is 0 Å². The number of carbonyl (C=O) groups excluding carboxylic acids is 3. The van der Waals surface area contributed by atoms with Crippen molar-refractivity contribution in [2.75, 3.05) is 113 Å². The largest absolute Gasteiger partial charge is 0.501 e. The molecular weight excluding hydrogens is 1200 g/mol. The van der Waals surface area contributed by atoms with E-state index in [0.717, 1.165) is 118 Å². The number of nitrogens with one attached hydrogen (secondary N) is 3. The number of imide groups is 1. The van der Waals surface area contributed by atoms with Gasteiger partial charge in [-0.15, -0.1) is 11.8 Å². The number of amides is 4. The summed E-state index contributed by atoms with van der Waals surface area (Å²) in [4.78, 5) is 47.4. The van der Waals surface area contributed by atoms with Gasteiger partial charge in [0.2, 0.25) is 5.91 Å². The number of likely N-dealkylation sites (tertiary alicyclic amines) is 1. The molecule has 5 aromatic carbocycles. The molecule has 4 aliphatic heterocycles. The van der Waals surface area contributed by atoms with Crippen molar-refractivity contribution in [1.29, 1.82) is 0 Å². The van der Waals surface area contributed by atoms with Gasteiger partial charge < -0.3 is 24.8 Å². The van der Waals surface area contributed by atoms with Crippen LogP contribution in [-0.4, -0.2) is 158 Å². The van der Waals surface area contributed by atoms with Crippen LogP contribution in [0.2, 0.25) is 5.02 Å². The van der Waals surface area contributed by atoms with E-state index in [9.17, 15) is 44.4 Å². The zero-order valence-corrected chi connectivity index (χ0v) is 51.7. The van der Waals surface area contributed by atoms with Crippen molar-refractivity contribution in [2.24, 2.45) is 5.41 Å². The normalized spacial score (nSPS) is 20.5. The number of piperidine rings is 1. The van der Waals surface area contributed by atoms with Gasteiger partial charge in [-0.3, -0.25) is 24.7 Å². The quantitative estimate of drug-likeness (QED) is 0.0495. The molecular formula is C63H73ClF4N8O8S3. The first kappa shape index (κ1) is 64.0. The van der Waals surface area contributed by atoms with E-state index in [2.05, 4.69) is 49.3 Å². The van der Waals surface area contributed by atoms with E-state index in [1.54, 1.807) is 18.2 Å². The Morgan fingerprint density at radius 3 is 2.26 bits per heavy atom. The Hall–Kier alpha value is -6.05. The van der Waals surface area contributed by atoms with Gasteiger partial charge in [0.1, 0.15) is 10.7 Å². The van der Waals surface area contributed by atoms with E-state index in [4.69, 9.17) is 16.3 Å². The van der Waals surface area contributed by atoms with Crippen LogP contribution in [0.15, 0.2) is 136 Å². The second-order valence-electron chi connectivity index (χ2n) is 23.5. The van der Waals surface area contributed by atoms with Gasteiger partial charge in [0.25, 0.3) is 25.8 Å². The van der Waals surface area contributed by atoms with Crippen LogP contribution in [0.25, 0.3) is 5.57 Å². The molecule has 16 nitrogen and oxygen atoms in total. The van der Waals surface area contributed by atoms with E-state index in [1.807, 2.05) is 53.3 Å². The minimum atomic E-state index is -6.10. The molecule has 4 amide bonds.